The van der Waals surface area contributed by atoms with Crippen LogP contribution in [0.15, 0.2) is 53.3 Å². The summed E-state index contributed by atoms with van der Waals surface area (Å²) < 4.78 is 1.87. The number of aryl methyl sites for hydroxylation is 2. The summed E-state index contributed by atoms with van der Waals surface area (Å²) in [7, 11) is 0. The molecule has 29 heavy (non-hydrogen) atoms. The van der Waals surface area contributed by atoms with Crippen molar-refractivity contribution in [2.45, 2.75) is 52.0 Å². The Labute approximate surface area is 171 Å². The minimum absolute atomic E-state index is 0.137. The molecule has 3 aromatic rings. The lowest BCUT2D eigenvalue weighted by Gasteiger charge is -2.15. The SMILES string of the molecule is CCCCc1nc2c(c(=O)n1Cc1ccc(-c3ccccc3C#N)cc1)CCC2. The smallest absolute Gasteiger partial charge is 0.257 e. The summed E-state index contributed by atoms with van der Waals surface area (Å²) >= 11 is 0. The summed E-state index contributed by atoms with van der Waals surface area (Å²) in [5.74, 6) is 0.913. The van der Waals surface area contributed by atoms with Crippen LogP contribution in [0.2, 0.25) is 0 Å². The maximum absolute atomic E-state index is 13.1. The van der Waals surface area contributed by atoms with Gasteiger partial charge in [0.05, 0.1) is 23.9 Å². The van der Waals surface area contributed by atoms with E-state index in [0.29, 0.717) is 12.1 Å². The fourth-order valence-corrected chi connectivity index (χ4v) is 4.07. The first-order valence-electron chi connectivity index (χ1n) is 10.4. The lowest BCUT2D eigenvalue weighted by Crippen LogP contribution is -2.29. The van der Waals surface area contributed by atoms with Gasteiger partial charge in [-0.2, -0.15) is 5.26 Å². The summed E-state index contributed by atoms with van der Waals surface area (Å²) in [6, 6.07) is 18.0. The Morgan fingerprint density at radius 2 is 1.90 bits per heavy atom. The minimum Gasteiger partial charge on any atom is -0.292 e. The average Bonchev–Trinajstić information content (AvgIpc) is 3.24. The molecule has 0 fully saturated rings. The van der Waals surface area contributed by atoms with Crippen LogP contribution >= 0.6 is 0 Å². The average molecular weight is 383 g/mol. The second kappa shape index (κ2) is 8.45. The highest BCUT2D eigenvalue weighted by Crippen LogP contribution is 2.24. The predicted octanol–water partition coefficient (Wildman–Crippen LogP) is 4.66. The molecule has 4 nitrogen and oxygen atoms in total. The van der Waals surface area contributed by atoms with Crippen LogP contribution in [-0.2, 0) is 25.8 Å². The van der Waals surface area contributed by atoms with Crippen molar-refractivity contribution in [1.82, 2.24) is 9.55 Å². The topological polar surface area (TPSA) is 58.7 Å². The molecule has 2 aromatic carbocycles. The van der Waals surface area contributed by atoms with Crippen LogP contribution in [-0.4, -0.2) is 9.55 Å². The Balaban J connectivity index is 1.66. The van der Waals surface area contributed by atoms with E-state index >= 15 is 0 Å². The predicted molar refractivity (Wildman–Crippen MR) is 115 cm³/mol. The van der Waals surface area contributed by atoms with Crippen molar-refractivity contribution in [3.05, 3.63) is 87.1 Å². The number of benzene rings is 2. The third kappa shape index (κ3) is 3.86. The number of hydrogen-bond donors (Lipinski definition) is 0. The van der Waals surface area contributed by atoms with Gasteiger partial charge in [-0.05, 0) is 48.4 Å². The number of nitrogens with zero attached hydrogens (tertiary/aromatic N) is 3. The van der Waals surface area contributed by atoms with Gasteiger partial charge in [0.15, 0.2) is 0 Å². The second-order valence-electron chi connectivity index (χ2n) is 7.66. The van der Waals surface area contributed by atoms with E-state index in [1.54, 1.807) is 0 Å². The monoisotopic (exact) mass is 383 g/mol. The highest BCUT2D eigenvalue weighted by molar-refractivity contribution is 5.70. The van der Waals surface area contributed by atoms with E-state index in [2.05, 4.69) is 13.0 Å². The molecule has 0 spiro atoms. The van der Waals surface area contributed by atoms with E-state index in [9.17, 15) is 10.1 Å². The van der Waals surface area contributed by atoms with Crippen LogP contribution in [0.4, 0.5) is 0 Å². The third-order valence-electron chi connectivity index (χ3n) is 5.67. The van der Waals surface area contributed by atoms with Gasteiger partial charge in [0.1, 0.15) is 5.82 Å². The first-order valence-corrected chi connectivity index (χ1v) is 10.4. The number of rotatable bonds is 6. The fraction of sp³-hybridized carbons (Fsp3) is 0.320. The van der Waals surface area contributed by atoms with E-state index in [1.807, 2.05) is 53.1 Å². The number of unbranched alkanes of at least 4 members (excludes halogenated alkanes) is 1. The number of hydrogen-bond acceptors (Lipinski definition) is 3. The summed E-state index contributed by atoms with van der Waals surface area (Å²) in [6.07, 6.45) is 5.76. The van der Waals surface area contributed by atoms with Gasteiger partial charge in [0, 0.05) is 12.0 Å². The molecule has 1 aromatic heterocycles. The van der Waals surface area contributed by atoms with E-state index in [1.165, 1.54) is 0 Å². The lowest BCUT2D eigenvalue weighted by molar-refractivity contribution is 0.627. The molecule has 0 aliphatic heterocycles. The van der Waals surface area contributed by atoms with Crippen molar-refractivity contribution in [3.63, 3.8) is 0 Å². The molecular formula is C25H25N3O. The molecule has 0 amide bonds. The molecule has 146 valence electrons. The highest BCUT2D eigenvalue weighted by atomic mass is 16.1. The van der Waals surface area contributed by atoms with Crippen molar-refractivity contribution in [3.8, 4) is 17.2 Å². The summed E-state index contributed by atoms with van der Waals surface area (Å²) in [5, 5.41) is 9.34. The van der Waals surface area contributed by atoms with E-state index < -0.39 is 0 Å². The summed E-state index contributed by atoms with van der Waals surface area (Å²) in [4.78, 5) is 18.0. The molecule has 4 rings (SSSR count). The first-order chi connectivity index (χ1) is 14.2. The van der Waals surface area contributed by atoms with Crippen LogP contribution in [0.1, 0.15) is 54.4 Å². The number of aromatic nitrogens is 2. The molecular weight excluding hydrogens is 358 g/mol. The first kappa shape index (κ1) is 19.1. The van der Waals surface area contributed by atoms with Gasteiger partial charge in [-0.1, -0.05) is 55.8 Å². The van der Waals surface area contributed by atoms with Crippen molar-refractivity contribution < 1.29 is 0 Å². The molecule has 0 N–H and O–H groups in total. The quantitative estimate of drug-likeness (QED) is 0.622. The van der Waals surface area contributed by atoms with Crippen molar-refractivity contribution in [2.24, 2.45) is 0 Å². The molecule has 0 radical (unpaired) electrons. The van der Waals surface area contributed by atoms with Crippen LogP contribution < -0.4 is 5.56 Å². The molecule has 1 heterocycles. The normalized spacial score (nSPS) is 12.6. The molecule has 1 aliphatic carbocycles. The maximum Gasteiger partial charge on any atom is 0.257 e. The summed E-state index contributed by atoms with van der Waals surface area (Å²) in [6.45, 7) is 2.70. The van der Waals surface area contributed by atoms with Crippen molar-refractivity contribution in [2.75, 3.05) is 0 Å². The standard InChI is InChI=1S/C25H25N3O/c1-2-3-11-24-27-23-10-6-9-22(23)25(29)28(24)17-18-12-14-19(15-13-18)21-8-5-4-7-20(21)16-26/h4-5,7-8,12-15H,2-3,6,9-11,17H2,1H3. The van der Waals surface area contributed by atoms with Gasteiger partial charge in [0.25, 0.3) is 5.56 Å². The van der Waals surface area contributed by atoms with E-state index in [0.717, 1.165) is 72.3 Å². The van der Waals surface area contributed by atoms with Crippen LogP contribution in [0, 0.1) is 11.3 Å². The van der Waals surface area contributed by atoms with E-state index in [4.69, 9.17) is 4.98 Å². The van der Waals surface area contributed by atoms with Gasteiger partial charge in [-0.15, -0.1) is 0 Å². The molecule has 0 unspecified atom stereocenters. The Bertz CT molecular complexity index is 1120. The highest BCUT2D eigenvalue weighted by Gasteiger charge is 2.20. The van der Waals surface area contributed by atoms with Crippen LogP contribution in [0.5, 0.6) is 0 Å². The maximum atomic E-state index is 13.1. The van der Waals surface area contributed by atoms with Crippen LogP contribution in [0.25, 0.3) is 11.1 Å². The summed E-state index contributed by atoms with van der Waals surface area (Å²) in [5.41, 5.74) is 5.74. The zero-order valence-corrected chi connectivity index (χ0v) is 16.8. The number of nitriles is 1. The molecule has 1 aliphatic rings. The zero-order valence-electron chi connectivity index (χ0n) is 16.8. The Morgan fingerprint density at radius 3 is 2.66 bits per heavy atom. The van der Waals surface area contributed by atoms with Crippen molar-refractivity contribution in [1.29, 1.82) is 5.26 Å². The molecule has 0 saturated carbocycles. The Kier molecular flexibility index (Phi) is 5.57. The second-order valence-corrected chi connectivity index (χ2v) is 7.66. The molecule has 0 atom stereocenters. The van der Waals surface area contributed by atoms with Gasteiger partial charge in [-0.3, -0.25) is 9.36 Å². The zero-order chi connectivity index (χ0) is 20.2. The largest absolute Gasteiger partial charge is 0.292 e. The fourth-order valence-electron chi connectivity index (χ4n) is 4.07. The van der Waals surface area contributed by atoms with Gasteiger partial charge >= 0.3 is 0 Å². The van der Waals surface area contributed by atoms with E-state index in [-0.39, 0.29) is 5.56 Å². The van der Waals surface area contributed by atoms with Gasteiger partial charge in [0.2, 0.25) is 0 Å². The molecule has 0 bridgehead atoms. The lowest BCUT2D eigenvalue weighted by atomic mass is 9.99. The van der Waals surface area contributed by atoms with Crippen molar-refractivity contribution >= 4 is 0 Å². The Morgan fingerprint density at radius 1 is 1.10 bits per heavy atom. The third-order valence-corrected chi connectivity index (χ3v) is 5.67. The van der Waals surface area contributed by atoms with Gasteiger partial charge < -0.3 is 0 Å². The minimum atomic E-state index is 0.137. The Hall–Kier alpha value is -3.19. The van der Waals surface area contributed by atoms with Gasteiger partial charge in [-0.25, -0.2) is 4.98 Å². The van der Waals surface area contributed by atoms with Crippen LogP contribution in [0.3, 0.4) is 0 Å². The molecule has 4 heteroatoms. The molecule has 0 saturated heterocycles. The number of fused-ring (bicyclic) bond motifs is 1.